The van der Waals surface area contributed by atoms with Crippen LogP contribution in [0.2, 0.25) is 0 Å². The molecule has 0 aliphatic carbocycles. The first-order valence-corrected chi connectivity index (χ1v) is 7.11. The second-order valence-electron chi connectivity index (χ2n) is 4.69. The SMILES string of the molecule is CC(N)Cc1ccc(OCc2ccc(F)cc2Br)cn1. The molecule has 3 nitrogen and oxygen atoms in total. The van der Waals surface area contributed by atoms with Crippen molar-refractivity contribution in [2.45, 2.75) is 26.0 Å². The van der Waals surface area contributed by atoms with Crippen LogP contribution in [-0.4, -0.2) is 11.0 Å². The van der Waals surface area contributed by atoms with Gasteiger partial charge >= 0.3 is 0 Å². The number of aromatic nitrogens is 1. The highest BCUT2D eigenvalue weighted by Gasteiger charge is 2.04. The van der Waals surface area contributed by atoms with E-state index in [0.29, 0.717) is 16.8 Å². The molecule has 20 heavy (non-hydrogen) atoms. The van der Waals surface area contributed by atoms with Crippen molar-refractivity contribution in [1.82, 2.24) is 4.98 Å². The summed E-state index contributed by atoms with van der Waals surface area (Å²) < 4.78 is 19.3. The molecule has 2 rings (SSSR count). The highest BCUT2D eigenvalue weighted by Crippen LogP contribution is 2.20. The predicted molar refractivity (Wildman–Crippen MR) is 80.0 cm³/mol. The first-order valence-electron chi connectivity index (χ1n) is 6.32. The van der Waals surface area contributed by atoms with Crippen molar-refractivity contribution in [3.8, 4) is 5.75 Å². The Bertz CT molecular complexity index is 573. The minimum Gasteiger partial charge on any atom is -0.487 e. The lowest BCUT2D eigenvalue weighted by molar-refractivity contribution is 0.304. The Kier molecular flexibility index (Phi) is 5.09. The van der Waals surface area contributed by atoms with Crippen LogP contribution in [0.4, 0.5) is 4.39 Å². The zero-order chi connectivity index (χ0) is 14.5. The van der Waals surface area contributed by atoms with Crippen LogP contribution >= 0.6 is 15.9 Å². The zero-order valence-corrected chi connectivity index (χ0v) is 12.7. The van der Waals surface area contributed by atoms with E-state index < -0.39 is 0 Å². The summed E-state index contributed by atoms with van der Waals surface area (Å²) in [7, 11) is 0. The van der Waals surface area contributed by atoms with E-state index in [-0.39, 0.29) is 11.9 Å². The Morgan fingerprint density at radius 3 is 2.75 bits per heavy atom. The molecule has 0 saturated heterocycles. The lowest BCUT2D eigenvalue weighted by Gasteiger charge is -2.09. The summed E-state index contributed by atoms with van der Waals surface area (Å²) in [5.41, 5.74) is 7.54. The number of benzene rings is 1. The van der Waals surface area contributed by atoms with Gasteiger partial charge < -0.3 is 10.5 Å². The Labute approximate surface area is 126 Å². The van der Waals surface area contributed by atoms with Gasteiger partial charge in [0.1, 0.15) is 18.2 Å². The molecule has 0 spiro atoms. The fraction of sp³-hybridized carbons (Fsp3) is 0.267. The van der Waals surface area contributed by atoms with Gasteiger partial charge in [0, 0.05) is 28.2 Å². The monoisotopic (exact) mass is 338 g/mol. The van der Waals surface area contributed by atoms with E-state index in [2.05, 4.69) is 20.9 Å². The van der Waals surface area contributed by atoms with Gasteiger partial charge in [0.25, 0.3) is 0 Å². The molecule has 0 aliphatic rings. The van der Waals surface area contributed by atoms with E-state index in [9.17, 15) is 4.39 Å². The average Bonchev–Trinajstić information content (AvgIpc) is 2.39. The highest BCUT2D eigenvalue weighted by atomic mass is 79.9. The topological polar surface area (TPSA) is 48.1 Å². The van der Waals surface area contributed by atoms with E-state index in [1.54, 1.807) is 12.3 Å². The van der Waals surface area contributed by atoms with Crippen molar-refractivity contribution in [3.05, 3.63) is 58.1 Å². The lowest BCUT2D eigenvalue weighted by Crippen LogP contribution is -2.18. The predicted octanol–water partition coefficient (Wildman–Crippen LogP) is 3.45. The van der Waals surface area contributed by atoms with Crippen molar-refractivity contribution in [3.63, 3.8) is 0 Å². The number of nitrogens with zero attached hydrogens (tertiary/aromatic N) is 1. The van der Waals surface area contributed by atoms with Gasteiger partial charge in [-0.15, -0.1) is 0 Å². The third-order valence-electron chi connectivity index (χ3n) is 2.74. The van der Waals surface area contributed by atoms with Gasteiger partial charge in [-0.25, -0.2) is 4.39 Å². The Morgan fingerprint density at radius 2 is 2.15 bits per heavy atom. The van der Waals surface area contributed by atoms with Crippen LogP contribution in [0.25, 0.3) is 0 Å². The summed E-state index contributed by atoms with van der Waals surface area (Å²) in [4.78, 5) is 4.29. The maximum Gasteiger partial charge on any atom is 0.138 e. The van der Waals surface area contributed by atoms with Crippen LogP contribution < -0.4 is 10.5 Å². The smallest absolute Gasteiger partial charge is 0.138 e. The lowest BCUT2D eigenvalue weighted by atomic mass is 10.2. The van der Waals surface area contributed by atoms with E-state index in [1.807, 2.05) is 19.1 Å². The highest BCUT2D eigenvalue weighted by molar-refractivity contribution is 9.10. The second-order valence-corrected chi connectivity index (χ2v) is 5.55. The van der Waals surface area contributed by atoms with Crippen molar-refractivity contribution >= 4 is 15.9 Å². The largest absolute Gasteiger partial charge is 0.487 e. The molecule has 1 aromatic heterocycles. The number of halogens is 2. The molecule has 0 radical (unpaired) electrons. The molecule has 0 amide bonds. The third-order valence-corrected chi connectivity index (χ3v) is 3.48. The third kappa shape index (κ3) is 4.28. The first kappa shape index (κ1) is 14.9. The summed E-state index contributed by atoms with van der Waals surface area (Å²) in [6.07, 6.45) is 2.42. The summed E-state index contributed by atoms with van der Waals surface area (Å²) in [6, 6.07) is 8.37. The van der Waals surface area contributed by atoms with Gasteiger partial charge in [0.05, 0.1) is 6.20 Å². The number of rotatable bonds is 5. The van der Waals surface area contributed by atoms with Crippen LogP contribution in [-0.2, 0) is 13.0 Å². The van der Waals surface area contributed by atoms with Gasteiger partial charge in [0.15, 0.2) is 0 Å². The first-order chi connectivity index (χ1) is 9.54. The average molecular weight is 339 g/mol. The second kappa shape index (κ2) is 6.81. The minimum absolute atomic E-state index is 0.0874. The quantitative estimate of drug-likeness (QED) is 0.908. The van der Waals surface area contributed by atoms with E-state index >= 15 is 0 Å². The van der Waals surface area contributed by atoms with Gasteiger partial charge in [-0.05, 0) is 31.2 Å². The maximum absolute atomic E-state index is 13.0. The molecule has 1 aromatic carbocycles. The summed E-state index contributed by atoms with van der Waals surface area (Å²) in [5.74, 6) is 0.400. The number of ether oxygens (including phenoxy) is 1. The normalized spacial score (nSPS) is 12.2. The minimum atomic E-state index is -0.275. The van der Waals surface area contributed by atoms with Gasteiger partial charge in [-0.1, -0.05) is 22.0 Å². The maximum atomic E-state index is 13.0. The molecule has 0 saturated carbocycles. The van der Waals surface area contributed by atoms with E-state index in [0.717, 1.165) is 17.7 Å². The molecule has 5 heteroatoms. The fourth-order valence-electron chi connectivity index (χ4n) is 1.75. The van der Waals surface area contributed by atoms with Crippen LogP contribution in [0.3, 0.4) is 0 Å². The molecular formula is C15H16BrFN2O. The Balaban J connectivity index is 1.96. The number of nitrogens with two attached hydrogens (primary N) is 1. The zero-order valence-electron chi connectivity index (χ0n) is 11.1. The molecule has 1 atom stereocenters. The van der Waals surface area contributed by atoms with E-state index in [4.69, 9.17) is 10.5 Å². The Morgan fingerprint density at radius 1 is 1.35 bits per heavy atom. The summed E-state index contributed by atoms with van der Waals surface area (Å²) in [5, 5.41) is 0. The van der Waals surface area contributed by atoms with Crippen molar-refractivity contribution in [2.75, 3.05) is 0 Å². The molecule has 0 fully saturated rings. The molecule has 0 bridgehead atoms. The number of hydrogen-bond donors (Lipinski definition) is 1. The molecule has 1 unspecified atom stereocenters. The fourth-order valence-corrected chi connectivity index (χ4v) is 2.21. The molecule has 1 heterocycles. The van der Waals surface area contributed by atoms with Crippen LogP contribution in [0, 0.1) is 5.82 Å². The summed E-state index contributed by atoms with van der Waals surface area (Å²) in [6.45, 7) is 2.30. The molecule has 106 valence electrons. The van der Waals surface area contributed by atoms with E-state index in [1.165, 1.54) is 12.1 Å². The molecule has 0 aliphatic heterocycles. The standard InChI is InChI=1S/C15H16BrFN2O/c1-10(18)6-13-4-5-14(8-19-13)20-9-11-2-3-12(17)7-15(11)16/h2-5,7-8,10H,6,9,18H2,1H3. The van der Waals surface area contributed by atoms with Gasteiger partial charge in [-0.2, -0.15) is 0 Å². The Hall–Kier alpha value is -1.46. The van der Waals surface area contributed by atoms with Crippen molar-refractivity contribution in [1.29, 1.82) is 0 Å². The number of pyridine rings is 1. The van der Waals surface area contributed by atoms with Crippen molar-refractivity contribution < 1.29 is 9.13 Å². The molecule has 2 N–H and O–H groups in total. The van der Waals surface area contributed by atoms with Crippen LogP contribution in [0.15, 0.2) is 41.0 Å². The molecule has 2 aromatic rings. The number of hydrogen-bond acceptors (Lipinski definition) is 3. The summed E-state index contributed by atoms with van der Waals surface area (Å²) >= 11 is 3.31. The van der Waals surface area contributed by atoms with Gasteiger partial charge in [-0.3, -0.25) is 4.98 Å². The van der Waals surface area contributed by atoms with Crippen LogP contribution in [0.5, 0.6) is 5.75 Å². The van der Waals surface area contributed by atoms with Crippen LogP contribution in [0.1, 0.15) is 18.2 Å². The molecular weight excluding hydrogens is 323 g/mol. The van der Waals surface area contributed by atoms with Gasteiger partial charge in [0.2, 0.25) is 0 Å². The van der Waals surface area contributed by atoms with Crippen molar-refractivity contribution in [2.24, 2.45) is 5.73 Å².